The van der Waals surface area contributed by atoms with Gasteiger partial charge in [-0.1, -0.05) is 6.07 Å². The second kappa shape index (κ2) is 9.77. The van der Waals surface area contributed by atoms with E-state index in [2.05, 4.69) is 6.92 Å². The zero-order valence-electron chi connectivity index (χ0n) is 5.89. The summed E-state index contributed by atoms with van der Waals surface area (Å²) in [6.45, 7) is 3.72. The van der Waals surface area contributed by atoms with Crippen molar-refractivity contribution in [2.45, 2.75) is 0 Å². The summed E-state index contributed by atoms with van der Waals surface area (Å²) in [5.74, 6) is 0. The van der Waals surface area contributed by atoms with Crippen LogP contribution in [-0.2, 0) is 19.5 Å². The smallest absolute Gasteiger partial charge is 1.00 e. The van der Waals surface area contributed by atoms with Crippen molar-refractivity contribution < 1.29 is 31.9 Å². The van der Waals surface area contributed by atoms with Crippen molar-refractivity contribution in [2.75, 3.05) is 0 Å². The SMILES string of the molecule is [CH2-]c1ccccc1.[Cl-].[Mg+2].[Zn+2]. The molecule has 0 N–H and O–H groups in total. The van der Waals surface area contributed by atoms with Gasteiger partial charge in [0.2, 0.25) is 0 Å². The molecule has 0 saturated heterocycles. The van der Waals surface area contributed by atoms with Crippen molar-refractivity contribution >= 4 is 23.1 Å². The quantitative estimate of drug-likeness (QED) is 0.365. The van der Waals surface area contributed by atoms with Crippen LogP contribution in [0.1, 0.15) is 5.56 Å². The maximum Gasteiger partial charge on any atom is 2.00 e. The fourth-order valence-corrected chi connectivity index (χ4v) is 0.478. The van der Waals surface area contributed by atoms with E-state index in [0.29, 0.717) is 0 Å². The van der Waals surface area contributed by atoms with Crippen LogP contribution in [0.3, 0.4) is 0 Å². The van der Waals surface area contributed by atoms with Crippen molar-refractivity contribution in [3.63, 3.8) is 0 Å². The van der Waals surface area contributed by atoms with Crippen molar-refractivity contribution in [1.29, 1.82) is 0 Å². The van der Waals surface area contributed by atoms with Crippen LogP contribution in [0.5, 0.6) is 0 Å². The first-order valence-electron chi connectivity index (χ1n) is 2.26. The minimum absolute atomic E-state index is 0. The molecule has 0 saturated carbocycles. The normalized spacial score (nSPS) is 6.00. The Morgan fingerprint density at radius 3 is 1.60 bits per heavy atom. The topological polar surface area (TPSA) is 0 Å². The summed E-state index contributed by atoms with van der Waals surface area (Å²) in [6.07, 6.45) is 0. The fourth-order valence-electron chi connectivity index (χ4n) is 0.478. The summed E-state index contributed by atoms with van der Waals surface area (Å²) < 4.78 is 0. The Hall–Kier alpha value is 0.770. The van der Waals surface area contributed by atoms with Gasteiger partial charge in [0.1, 0.15) is 0 Å². The third kappa shape index (κ3) is 6.88. The van der Waals surface area contributed by atoms with E-state index in [4.69, 9.17) is 0 Å². The second-order valence-electron chi connectivity index (χ2n) is 1.49. The Morgan fingerprint density at radius 2 is 1.40 bits per heavy atom. The van der Waals surface area contributed by atoms with Gasteiger partial charge in [0, 0.05) is 0 Å². The Kier molecular flexibility index (Phi) is 16.6. The van der Waals surface area contributed by atoms with Crippen LogP contribution in [0.25, 0.3) is 0 Å². The van der Waals surface area contributed by atoms with Crippen molar-refractivity contribution in [3.8, 4) is 0 Å². The van der Waals surface area contributed by atoms with Gasteiger partial charge in [-0.05, 0) is 0 Å². The number of hydrogen-bond acceptors (Lipinski definition) is 0. The van der Waals surface area contributed by atoms with Crippen LogP contribution in [0.15, 0.2) is 30.3 Å². The average molecular weight is 216 g/mol. The molecule has 0 amide bonds. The molecule has 0 atom stereocenters. The van der Waals surface area contributed by atoms with Gasteiger partial charge in [-0.15, -0.1) is 12.1 Å². The van der Waals surface area contributed by atoms with Crippen LogP contribution in [0.2, 0.25) is 0 Å². The third-order valence-corrected chi connectivity index (χ3v) is 0.843. The maximum atomic E-state index is 3.72. The zero-order valence-corrected chi connectivity index (χ0v) is 11.0. The standard InChI is InChI=1S/C7H7.ClH.Mg.Zn/c1-7-5-3-2-4-6-7;;;/h2-6H,1H2;1H;;/q-1;;2*+2/p-1. The predicted molar refractivity (Wildman–Crippen MR) is 36.7 cm³/mol. The molecule has 0 radical (unpaired) electrons. The molecule has 0 unspecified atom stereocenters. The largest absolute Gasteiger partial charge is 2.00 e. The monoisotopic (exact) mass is 214 g/mol. The molecular weight excluding hydrogens is 209 g/mol. The van der Waals surface area contributed by atoms with Gasteiger partial charge in [-0.25, -0.2) is 0 Å². The third-order valence-electron chi connectivity index (χ3n) is 0.843. The van der Waals surface area contributed by atoms with Crippen molar-refractivity contribution in [3.05, 3.63) is 42.8 Å². The molecule has 0 aliphatic carbocycles. The van der Waals surface area contributed by atoms with E-state index in [1.54, 1.807) is 0 Å². The molecule has 1 aromatic carbocycles. The van der Waals surface area contributed by atoms with Gasteiger partial charge >= 0.3 is 42.5 Å². The second-order valence-corrected chi connectivity index (χ2v) is 1.49. The van der Waals surface area contributed by atoms with Crippen LogP contribution >= 0.6 is 0 Å². The number of hydrogen-bond donors (Lipinski definition) is 0. The van der Waals surface area contributed by atoms with E-state index in [-0.39, 0.29) is 54.9 Å². The van der Waals surface area contributed by atoms with E-state index in [9.17, 15) is 0 Å². The van der Waals surface area contributed by atoms with Crippen molar-refractivity contribution in [2.24, 2.45) is 0 Å². The molecular formula is C7H7ClMgZn+2. The molecule has 10 heavy (non-hydrogen) atoms. The van der Waals surface area contributed by atoms with Crippen LogP contribution in [-0.4, -0.2) is 23.1 Å². The van der Waals surface area contributed by atoms with Gasteiger partial charge in [-0.3, -0.25) is 0 Å². The summed E-state index contributed by atoms with van der Waals surface area (Å²) in [7, 11) is 0. The number of rotatable bonds is 0. The van der Waals surface area contributed by atoms with E-state index in [1.807, 2.05) is 30.3 Å². The van der Waals surface area contributed by atoms with Crippen molar-refractivity contribution in [1.82, 2.24) is 0 Å². The van der Waals surface area contributed by atoms with E-state index < -0.39 is 0 Å². The molecule has 0 fully saturated rings. The molecule has 0 aliphatic rings. The Balaban J connectivity index is -0.000000163. The zero-order chi connectivity index (χ0) is 5.11. The summed E-state index contributed by atoms with van der Waals surface area (Å²) in [5, 5.41) is 0. The summed E-state index contributed by atoms with van der Waals surface area (Å²) in [4.78, 5) is 0. The first kappa shape index (κ1) is 17.0. The van der Waals surface area contributed by atoms with Gasteiger partial charge in [-0.2, -0.15) is 24.6 Å². The van der Waals surface area contributed by atoms with Crippen LogP contribution in [0, 0.1) is 6.92 Å². The van der Waals surface area contributed by atoms with Gasteiger partial charge in [0.25, 0.3) is 0 Å². The Bertz CT molecular complexity index is 144. The first-order chi connectivity index (χ1) is 3.39. The van der Waals surface area contributed by atoms with Crippen LogP contribution < -0.4 is 12.4 Å². The Morgan fingerprint density at radius 1 is 1.00 bits per heavy atom. The van der Waals surface area contributed by atoms with E-state index in [0.717, 1.165) is 5.56 Å². The van der Waals surface area contributed by atoms with Crippen LogP contribution in [0.4, 0.5) is 0 Å². The molecule has 0 heterocycles. The van der Waals surface area contributed by atoms with Gasteiger partial charge < -0.3 is 12.4 Å². The summed E-state index contributed by atoms with van der Waals surface area (Å²) in [5.41, 5.74) is 1.07. The minimum Gasteiger partial charge on any atom is -1.00 e. The molecule has 1 aromatic rings. The molecule has 0 spiro atoms. The van der Waals surface area contributed by atoms with Gasteiger partial charge in [0.05, 0.1) is 0 Å². The van der Waals surface area contributed by atoms with E-state index >= 15 is 0 Å². The number of halogens is 1. The molecule has 44 valence electrons. The Labute approximate surface area is 97.1 Å². The molecule has 0 bridgehead atoms. The van der Waals surface area contributed by atoms with Gasteiger partial charge in [0.15, 0.2) is 0 Å². The molecule has 0 nitrogen and oxygen atoms in total. The van der Waals surface area contributed by atoms with E-state index in [1.165, 1.54) is 0 Å². The molecule has 0 aliphatic heterocycles. The summed E-state index contributed by atoms with van der Waals surface area (Å²) in [6, 6.07) is 9.87. The average Bonchev–Trinajstić information content (AvgIpc) is 1.69. The minimum atomic E-state index is 0. The molecule has 3 heteroatoms. The maximum absolute atomic E-state index is 3.72. The fraction of sp³-hybridized carbons (Fsp3) is 0. The predicted octanol–water partition coefficient (Wildman–Crippen LogP) is -1.51. The number of benzene rings is 1. The molecule has 0 aromatic heterocycles. The first-order valence-corrected chi connectivity index (χ1v) is 2.26. The molecule has 1 rings (SSSR count). The summed E-state index contributed by atoms with van der Waals surface area (Å²) >= 11 is 0.